The Labute approximate surface area is 303 Å². The number of rotatable bonds is 13. The van der Waals surface area contributed by atoms with Crippen molar-refractivity contribution in [3.8, 4) is 0 Å². The van der Waals surface area contributed by atoms with E-state index in [9.17, 15) is 42.3 Å². The van der Waals surface area contributed by atoms with Crippen LogP contribution in [0.15, 0.2) is 85.2 Å². The highest BCUT2D eigenvalue weighted by atomic mass is 19.4. The lowest BCUT2D eigenvalue weighted by Gasteiger charge is -2.38. The van der Waals surface area contributed by atoms with Crippen molar-refractivity contribution < 1.29 is 52.2 Å². The van der Waals surface area contributed by atoms with Gasteiger partial charge in [0.05, 0.1) is 12.8 Å². The monoisotopic (exact) mass is 739 g/mol. The maximum atomic E-state index is 13.8. The van der Waals surface area contributed by atoms with Gasteiger partial charge in [-0.2, -0.15) is 13.2 Å². The Bertz CT molecular complexity index is 1730. The highest BCUT2D eigenvalue weighted by molar-refractivity contribution is 5.95. The van der Waals surface area contributed by atoms with Crippen molar-refractivity contribution in [3.63, 3.8) is 0 Å². The molecule has 53 heavy (non-hydrogen) atoms. The minimum atomic E-state index is -5.08. The van der Waals surface area contributed by atoms with E-state index >= 15 is 0 Å². The highest BCUT2D eigenvalue weighted by Crippen LogP contribution is 2.33. The number of fused-ring (bicyclic) bond motifs is 1. The van der Waals surface area contributed by atoms with E-state index < -0.39 is 54.1 Å². The summed E-state index contributed by atoms with van der Waals surface area (Å²) in [6.45, 7) is 0. The molecule has 16 heteroatoms. The van der Waals surface area contributed by atoms with Gasteiger partial charge in [-0.3, -0.25) is 29.0 Å². The number of pyridine rings is 1. The molecule has 5 N–H and O–H groups in total. The number of amides is 4. The summed E-state index contributed by atoms with van der Waals surface area (Å²) in [6.07, 6.45) is 0.636. The molecule has 0 aliphatic carbocycles. The van der Waals surface area contributed by atoms with Gasteiger partial charge >= 0.3 is 18.1 Å². The summed E-state index contributed by atoms with van der Waals surface area (Å²) < 4.78 is 31.7. The number of nitrogens with zero attached hydrogens (tertiary/aromatic N) is 2. The Balaban J connectivity index is 0.000000815. The number of hydrogen-bond donors (Lipinski definition) is 5. The standard InChI is InChI=1S/C35H39N5O6.C2HF3O2/c41-31(20-24-10-5-2-6-11-24)38-28-15-13-27-14-16-30(40(27)35(28)46)34(45)39-29(19-25-12-7-17-36-22-25)33(44)37-26(21-32(42)43)18-23-8-3-1-4-9-23;3-2(4,5)1(6)7/h1-12,17,22,26-30H,13-16,18-21H2,(H,37,44)(H,38,41)(H,39,45)(H,42,43);(H,6,7)/t26-,27?,28?,29?,30+;/m1./s1. The molecule has 0 spiro atoms. The van der Waals surface area contributed by atoms with Gasteiger partial charge in [0.25, 0.3) is 0 Å². The van der Waals surface area contributed by atoms with Gasteiger partial charge < -0.3 is 31.1 Å². The van der Waals surface area contributed by atoms with Gasteiger partial charge in [-0.25, -0.2) is 4.79 Å². The molecule has 0 saturated carbocycles. The Morgan fingerprint density at radius 1 is 0.811 bits per heavy atom. The first-order chi connectivity index (χ1) is 25.2. The molecule has 2 aliphatic heterocycles. The van der Waals surface area contributed by atoms with Gasteiger partial charge in [0.15, 0.2) is 0 Å². The van der Waals surface area contributed by atoms with Crippen LogP contribution in [-0.2, 0) is 48.0 Å². The normalized spacial score (nSPS) is 19.0. The molecule has 2 fully saturated rings. The van der Waals surface area contributed by atoms with Crippen LogP contribution in [0.5, 0.6) is 0 Å². The van der Waals surface area contributed by atoms with Crippen molar-refractivity contribution in [3.05, 3.63) is 102 Å². The maximum Gasteiger partial charge on any atom is 0.490 e. The summed E-state index contributed by atoms with van der Waals surface area (Å²) in [6, 6.07) is 18.7. The van der Waals surface area contributed by atoms with Gasteiger partial charge in [0.1, 0.15) is 18.1 Å². The van der Waals surface area contributed by atoms with Gasteiger partial charge in [-0.15, -0.1) is 0 Å². The molecule has 2 aromatic carbocycles. The number of carbonyl (C=O) groups excluding carboxylic acids is 4. The maximum absolute atomic E-state index is 13.8. The molecule has 5 atom stereocenters. The van der Waals surface area contributed by atoms with Crippen LogP contribution in [0.4, 0.5) is 13.2 Å². The molecule has 3 heterocycles. The van der Waals surface area contributed by atoms with Gasteiger partial charge in [-0.1, -0.05) is 66.7 Å². The lowest BCUT2D eigenvalue weighted by Crippen LogP contribution is -2.60. The molecule has 3 unspecified atom stereocenters. The van der Waals surface area contributed by atoms with Gasteiger partial charge in [0.2, 0.25) is 23.6 Å². The third kappa shape index (κ3) is 12.1. The number of carboxylic acids is 2. The average molecular weight is 740 g/mol. The van der Waals surface area contributed by atoms with Crippen LogP contribution in [0.1, 0.15) is 48.8 Å². The first-order valence-corrected chi connectivity index (χ1v) is 16.9. The molecular weight excluding hydrogens is 699 g/mol. The largest absolute Gasteiger partial charge is 0.490 e. The molecule has 5 rings (SSSR count). The quantitative estimate of drug-likeness (QED) is 0.175. The number of benzene rings is 2. The molecule has 4 amide bonds. The molecule has 3 aromatic rings. The van der Waals surface area contributed by atoms with Crippen molar-refractivity contribution in [1.29, 1.82) is 0 Å². The lowest BCUT2D eigenvalue weighted by atomic mass is 9.97. The first kappa shape index (κ1) is 40.0. The number of carboxylic acid groups (broad SMARTS) is 2. The zero-order valence-electron chi connectivity index (χ0n) is 28.5. The smallest absolute Gasteiger partial charge is 0.481 e. The number of nitrogens with one attached hydrogen (secondary N) is 3. The fourth-order valence-electron chi connectivity index (χ4n) is 6.40. The SMILES string of the molecule is O=C(O)C(F)(F)F.O=C(O)C[C@@H](Cc1ccccc1)NC(=O)C(Cc1cccnc1)NC(=O)[C@@H]1CCC2CCC(NC(=O)Cc3ccccc3)C(=O)N21. The van der Waals surface area contributed by atoms with Crippen LogP contribution in [0.25, 0.3) is 0 Å². The number of alkyl halides is 3. The fraction of sp³-hybridized carbons (Fsp3) is 0.378. The minimum Gasteiger partial charge on any atom is -0.481 e. The zero-order valence-corrected chi connectivity index (χ0v) is 28.5. The van der Waals surface area contributed by atoms with Crippen molar-refractivity contribution >= 4 is 35.6 Å². The Hall–Kier alpha value is -5.80. The number of hydrogen-bond acceptors (Lipinski definition) is 7. The Morgan fingerprint density at radius 3 is 2.00 bits per heavy atom. The average Bonchev–Trinajstić information content (AvgIpc) is 3.55. The van der Waals surface area contributed by atoms with E-state index in [1.807, 2.05) is 60.7 Å². The highest BCUT2D eigenvalue weighted by Gasteiger charge is 2.47. The summed E-state index contributed by atoms with van der Waals surface area (Å²) >= 11 is 0. The minimum absolute atomic E-state index is 0.123. The Morgan fingerprint density at radius 2 is 1.42 bits per heavy atom. The van der Waals surface area contributed by atoms with E-state index in [2.05, 4.69) is 20.9 Å². The van der Waals surface area contributed by atoms with Crippen LogP contribution in [0, 0.1) is 0 Å². The van der Waals surface area contributed by atoms with Crippen molar-refractivity contribution in [2.24, 2.45) is 0 Å². The second-order valence-electron chi connectivity index (χ2n) is 12.8. The van der Waals surface area contributed by atoms with Crippen LogP contribution >= 0.6 is 0 Å². The van der Waals surface area contributed by atoms with Crippen LogP contribution in [-0.4, -0.2) is 92.0 Å². The van der Waals surface area contributed by atoms with E-state index in [4.69, 9.17) is 9.90 Å². The molecule has 282 valence electrons. The first-order valence-electron chi connectivity index (χ1n) is 16.9. The number of carbonyl (C=O) groups is 6. The van der Waals surface area contributed by atoms with E-state index in [0.717, 1.165) is 11.1 Å². The van der Waals surface area contributed by atoms with E-state index in [-0.39, 0.29) is 37.1 Å². The summed E-state index contributed by atoms with van der Waals surface area (Å²) in [5, 5.41) is 25.2. The second kappa shape index (κ2) is 18.6. The molecule has 2 saturated heterocycles. The molecule has 2 aliphatic rings. The van der Waals surface area contributed by atoms with E-state index in [1.165, 1.54) is 0 Å². The third-order valence-electron chi connectivity index (χ3n) is 8.82. The number of halogens is 3. The van der Waals surface area contributed by atoms with Crippen LogP contribution < -0.4 is 16.0 Å². The van der Waals surface area contributed by atoms with Crippen LogP contribution in [0.3, 0.4) is 0 Å². The molecule has 1 aromatic heterocycles. The Kier molecular flexibility index (Phi) is 14.0. The van der Waals surface area contributed by atoms with E-state index in [0.29, 0.717) is 37.7 Å². The van der Waals surface area contributed by atoms with Crippen molar-refractivity contribution in [2.75, 3.05) is 0 Å². The predicted octanol–water partition coefficient (Wildman–Crippen LogP) is 2.83. The zero-order chi connectivity index (χ0) is 38.5. The van der Waals surface area contributed by atoms with Gasteiger partial charge in [-0.05, 0) is 54.9 Å². The van der Waals surface area contributed by atoms with E-state index in [1.54, 1.807) is 29.4 Å². The molecule has 0 bridgehead atoms. The molecule has 13 nitrogen and oxygen atoms in total. The summed E-state index contributed by atoms with van der Waals surface area (Å²) in [4.78, 5) is 80.1. The van der Waals surface area contributed by atoms with Crippen LogP contribution in [0.2, 0.25) is 0 Å². The molecule has 0 radical (unpaired) electrons. The van der Waals surface area contributed by atoms with Crippen molar-refractivity contribution in [2.45, 2.75) is 87.8 Å². The second-order valence-corrected chi connectivity index (χ2v) is 12.8. The molecular formula is C37H40F3N5O8. The number of aromatic nitrogens is 1. The lowest BCUT2D eigenvalue weighted by molar-refractivity contribution is -0.192. The summed E-state index contributed by atoms with van der Waals surface area (Å²) in [7, 11) is 0. The summed E-state index contributed by atoms with van der Waals surface area (Å²) in [5.41, 5.74) is 2.42. The van der Waals surface area contributed by atoms with Crippen molar-refractivity contribution in [1.82, 2.24) is 25.8 Å². The summed E-state index contributed by atoms with van der Waals surface area (Å²) in [5.74, 6) is -5.36. The fourth-order valence-corrected chi connectivity index (χ4v) is 6.40. The number of piperidine rings is 1. The van der Waals surface area contributed by atoms with Gasteiger partial charge in [0, 0.05) is 30.9 Å². The number of aliphatic carboxylic acids is 2. The topological polar surface area (TPSA) is 195 Å². The predicted molar refractivity (Wildman–Crippen MR) is 183 cm³/mol. The third-order valence-corrected chi connectivity index (χ3v) is 8.82.